The summed E-state index contributed by atoms with van der Waals surface area (Å²) in [5.41, 5.74) is 0. The van der Waals surface area contributed by atoms with Gasteiger partial charge >= 0.3 is 346 Å². The van der Waals surface area contributed by atoms with Crippen LogP contribution in [0.15, 0.2) is 121 Å². The zero-order valence-corrected chi connectivity index (χ0v) is 37.1. The first-order valence-electron chi connectivity index (χ1n) is 13.7. The summed E-state index contributed by atoms with van der Waals surface area (Å²) in [5.74, 6) is -3.36. The van der Waals surface area contributed by atoms with Crippen molar-refractivity contribution in [2.75, 3.05) is 23.5 Å². The third-order valence-electron chi connectivity index (χ3n) is 4.92. The molecule has 18 heteroatoms. The van der Waals surface area contributed by atoms with Gasteiger partial charge in [0.25, 0.3) is 0 Å². The van der Waals surface area contributed by atoms with Crippen molar-refractivity contribution in [3.05, 3.63) is 136 Å². The van der Waals surface area contributed by atoms with E-state index in [9.17, 15) is 19.2 Å². The molecule has 4 aromatic carbocycles. The van der Waals surface area contributed by atoms with Gasteiger partial charge in [-0.2, -0.15) is 0 Å². The van der Waals surface area contributed by atoms with E-state index in [0.717, 1.165) is 14.3 Å². The van der Waals surface area contributed by atoms with E-state index >= 15 is 0 Å². The third-order valence-corrected chi connectivity index (χ3v) is 25.6. The standard InChI is InChI=1S/2C16H14Cl2I2O5/c2*17-11-15(21)23-19(13-7-3-1-4-8-13)25-20(24-16(22)12-18)14-9-5-2-6-10-14/h2*1-10H,11-12H2. The first kappa shape index (κ1) is 43.2. The van der Waals surface area contributed by atoms with Gasteiger partial charge in [0.05, 0.1) is 0 Å². The molecule has 0 spiro atoms. The Morgan fingerprint density at radius 3 is 0.700 bits per heavy atom. The maximum atomic E-state index is 11.7. The summed E-state index contributed by atoms with van der Waals surface area (Å²) in [5, 5.41) is 0. The Morgan fingerprint density at radius 1 is 0.360 bits per heavy atom. The Hall–Kier alpha value is -1.24. The SMILES string of the molecule is O=C(CCl)OI(OI(OC(=O)CCl)c1ccccc1)c1ccccc1.O=C(CCl)OI(OI(OC(=O)CCl)c1ccccc1)c1ccccc1. The Kier molecular flexibility index (Phi) is 21.5. The molecule has 0 aromatic heterocycles. The molecule has 0 amide bonds. The number of halogens is 8. The van der Waals surface area contributed by atoms with Crippen LogP contribution < -0.4 is 0 Å². The molecular weight excluding hydrogens is 1190 g/mol. The van der Waals surface area contributed by atoms with E-state index in [1.807, 2.05) is 121 Å². The summed E-state index contributed by atoms with van der Waals surface area (Å²) in [6, 6.07) is 36.5. The fourth-order valence-electron chi connectivity index (χ4n) is 2.92. The van der Waals surface area contributed by atoms with E-state index in [1.165, 1.54) is 0 Å². The summed E-state index contributed by atoms with van der Waals surface area (Å²) >= 11 is 10.8. The molecule has 0 aliphatic heterocycles. The number of rotatable bonds is 16. The number of benzene rings is 4. The van der Waals surface area contributed by atoms with Crippen LogP contribution in [0.3, 0.4) is 0 Å². The predicted octanol–water partition coefficient (Wildman–Crippen LogP) is 9.96. The molecule has 4 rings (SSSR count). The van der Waals surface area contributed by atoms with Crippen LogP contribution in [0.4, 0.5) is 0 Å². The van der Waals surface area contributed by atoms with Gasteiger partial charge in [-0.1, -0.05) is 0 Å². The van der Waals surface area contributed by atoms with Gasteiger partial charge in [-0.25, -0.2) is 0 Å². The van der Waals surface area contributed by atoms with Crippen LogP contribution in [0, 0.1) is 14.3 Å². The van der Waals surface area contributed by atoms with Crippen molar-refractivity contribution in [3.8, 4) is 0 Å². The number of alkyl halides is 4. The van der Waals surface area contributed by atoms with Gasteiger partial charge in [-0.05, 0) is 0 Å². The first-order chi connectivity index (χ1) is 24.3. The van der Waals surface area contributed by atoms with Gasteiger partial charge in [0, 0.05) is 0 Å². The summed E-state index contributed by atoms with van der Waals surface area (Å²) in [4.78, 5) is 46.7. The Labute approximate surface area is 342 Å². The normalized spacial score (nSPS) is 11.4. The average Bonchev–Trinajstić information content (AvgIpc) is 3.17. The molecule has 0 radical (unpaired) electrons. The van der Waals surface area contributed by atoms with Gasteiger partial charge in [0.15, 0.2) is 0 Å². The molecule has 0 aliphatic rings. The molecule has 272 valence electrons. The molecule has 10 nitrogen and oxygen atoms in total. The topological polar surface area (TPSA) is 124 Å². The molecule has 0 bridgehead atoms. The first-order valence-corrected chi connectivity index (χ1v) is 27.2. The molecule has 0 fully saturated rings. The quantitative estimate of drug-likeness (QED) is 0.0792. The summed E-state index contributed by atoms with van der Waals surface area (Å²) < 4.78 is 37.0. The molecule has 0 unspecified atom stereocenters. The Bertz CT molecular complexity index is 1380. The Morgan fingerprint density at radius 2 is 0.540 bits per heavy atom. The summed E-state index contributed by atoms with van der Waals surface area (Å²) in [7, 11) is 0. The van der Waals surface area contributed by atoms with Gasteiger partial charge in [0.2, 0.25) is 0 Å². The summed E-state index contributed by atoms with van der Waals surface area (Å²) in [6.07, 6.45) is 0. The van der Waals surface area contributed by atoms with E-state index in [4.69, 9.17) is 61.5 Å². The zero-order valence-electron chi connectivity index (χ0n) is 25.5. The van der Waals surface area contributed by atoms with E-state index < -0.39 is 106 Å². The molecule has 0 heterocycles. The maximum absolute atomic E-state index is 11.7. The molecule has 0 N–H and O–H groups in total. The third kappa shape index (κ3) is 15.8. The second-order valence-corrected chi connectivity index (χ2v) is 26.4. The van der Waals surface area contributed by atoms with E-state index in [0.29, 0.717) is 0 Å². The molecule has 4 aromatic rings. The molecule has 50 heavy (non-hydrogen) atoms. The van der Waals surface area contributed by atoms with Crippen molar-refractivity contribution in [2.45, 2.75) is 0 Å². The van der Waals surface area contributed by atoms with Crippen molar-refractivity contribution in [2.24, 2.45) is 0 Å². The number of hydrogen-bond donors (Lipinski definition) is 0. The van der Waals surface area contributed by atoms with E-state index in [1.54, 1.807) is 0 Å². The van der Waals surface area contributed by atoms with Crippen molar-refractivity contribution in [1.82, 2.24) is 0 Å². The fourth-order valence-corrected chi connectivity index (χ4v) is 23.6. The van der Waals surface area contributed by atoms with Crippen LogP contribution in [0.2, 0.25) is 0 Å². The van der Waals surface area contributed by atoms with Crippen molar-refractivity contribution < 1.29 is 34.2 Å². The molecule has 0 saturated carbocycles. The molecule has 0 aliphatic carbocycles. The van der Waals surface area contributed by atoms with Crippen LogP contribution >= 0.6 is 129 Å². The van der Waals surface area contributed by atoms with Crippen molar-refractivity contribution in [1.29, 1.82) is 0 Å². The van der Waals surface area contributed by atoms with Gasteiger partial charge in [0.1, 0.15) is 0 Å². The fraction of sp³-hybridized carbons (Fsp3) is 0.125. The monoisotopic (exact) mass is 1220 g/mol. The second kappa shape index (κ2) is 24.9. The van der Waals surface area contributed by atoms with Crippen LogP contribution in [-0.4, -0.2) is 47.4 Å². The van der Waals surface area contributed by atoms with Crippen molar-refractivity contribution in [3.63, 3.8) is 0 Å². The van der Waals surface area contributed by atoms with Crippen molar-refractivity contribution >= 4 is 153 Å². The van der Waals surface area contributed by atoms with Crippen LogP contribution in [-0.2, 0) is 34.2 Å². The van der Waals surface area contributed by atoms with E-state index in [-0.39, 0.29) is 23.5 Å². The average molecular weight is 1220 g/mol. The number of carbonyl (C=O) groups is 4. The summed E-state index contributed by atoms with van der Waals surface area (Å²) in [6.45, 7) is 0. The van der Waals surface area contributed by atoms with Gasteiger partial charge in [-0.15, -0.1) is 0 Å². The minimum atomic E-state index is -2.86. The van der Waals surface area contributed by atoms with E-state index in [2.05, 4.69) is 0 Å². The molecule has 0 atom stereocenters. The minimum absolute atomic E-state index is 0.273. The second-order valence-electron chi connectivity index (χ2n) is 8.50. The van der Waals surface area contributed by atoms with Crippen LogP contribution in [0.1, 0.15) is 0 Å². The number of carbonyl (C=O) groups excluding carboxylic acids is 4. The predicted molar refractivity (Wildman–Crippen MR) is 226 cm³/mol. The van der Waals surface area contributed by atoms with Crippen LogP contribution in [0.25, 0.3) is 0 Å². The molecular formula is C32H28Cl4I4O10. The van der Waals surface area contributed by atoms with Gasteiger partial charge < -0.3 is 0 Å². The van der Waals surface area contributed by atoms with Gasteiger partial charge in [-0.3, -0.25) is 0 Å². The zero-order chi connectivity index (χ0) is 36.1. The molecule has 0 saturated heterocycles. The Balaban J connectivity index is 0.000000270. The van der Waals surface area contributed by atoms with Crippen LogP contribution in [0.5, 0.6) is 0 Å². The number of hydrogen-bond acceptors (Lipinski definition) is 10.